The van der Waals surface area contributed by atoms with Gasteiger partial charge in [0.15, 0.2) is 0 Å². The molecule has 1 aromatic rings. The number of rotatable bonds is 3. The molecular formula is C16H22N2O2S. The Morgan fingerprint density at radius 1 is 1.33 bits per heavy atom. The molecule has 1 aromatic heterocycles. The lowest BCUT2D eigenvalue weighted by molar-refractivity contribution is -0.140. The molecule has 5 heteroatoms. The fraction of sp³-hybridized carbons (Fsp3) is 0.625. The number of carbonyl (C=O) groups is 2. The first-order chi connectivity index (χ1) is 10.1. The van der Waals surface area contributed by atoms with Crippen LogP contribution in [0.3, 0.4) is 0 Å². The molecule has 3 rings (SSSR count). The van der Waals surface area contributed by atoms with Crippen LogP contribution in [0.15, 0.2) is 12.1 Å². The summed E-state index contributed by atoms with van der Waals surface area (Å²) in [5.74, 6) is 0.298. The molecule has 0 radical (unpaired) electrons. The average Bonchev–Trinajstić information content (AvgIpc) is 3.05. The van der Waals surface area contributed by atoms with Crippen LogP contribution in [-0.4, -0.2) is 46.8 Å². The molecule has 114 valence electrons. The van der Waals surface area contributed by atoms with Gasteiger partial charge in [-0.05, 0) is 38.8 Å². The van der Waals surface area contributed by atoms with Crippen molar-refractivity contribution in [3.05, 3.63) is 21.9 Å². The van der Waals surface area contributed by atoms with Crippen LogP contribution in [0.2, 0.25) is 0 Å². The molecular weight excluding hydrogens is 284 g/mol. The number of thiophene rings is 1. The molecule has 2 saturated heterocycles. The van der Waals surface area contributed by atoms with E-state index in [1.807, 2.05) is 4.90 Å². The third-order valence-corrected chi connectivity index (χ3v) is 5.56. The van der Waals surface area contributed by atoms with Gasteiger partial charge >= 0.3 is 0 Å². The fourth-order valence-electron chi connectivity index (χ4n) is 3.42. The Hall–Kier alpha value is -1.36. The second-order valence-corrected chi connectivity index (χ2v) is 7.46. The van der Waals surface area contributed by atoms with Gasteiger partial charge in [-0.1, -0.05) is 0 Å². The quantitative estimate of drug-likeness (QED) is 0.859. The van der Waals surface area contributed by atoms with E-state index in [9.17, 15) is 9.59 Å². The predicted octanol–water partition coefficient (Wildman–Crippen LogP) is 2.21. The summed E-state index contributed by atoms with van der Waals surface area (Å²) in [5.41, 5.74) is 0. The summed E-state index contributed by atoms with van der Waals surface area (Å²) < 4.78 is 0. The van der Waals surface area contributed by atoms with Crippen LogP contribution in [0.25, 0.3) is 0 Å². The van der Waals surface area contributed by atoms with Gasteiger partial charge in [-0.3, -0.25) is 9.59 Å². The van der Waals surface area contributed by atoms with Crippen molar-refractivity contribution >= 4 is 23.2 Å². The Balaban J connectivity index is 1.74. The van der Waals surface area contributed by atoms with Crippen molar-refractivity contribution in [3.8, 4) is 0 Å². The summed E-state index contributed by atoms with van der Waals surface area (Å²) in [7, 11) is 0. The Labute approximate surface area is 129 Å². The molecule has 3 heterocycles. The molecule has 2 unspecified atom stereocenters. The molecule has 0 N–H and O–H groups in total. The maximum Gasteiger partial charge on any atom is 0.245 e. The molecule has 2 amide bonds. The van der Waals surface area contributed by atoms with Gasteiger partial charge in [0.2, 0.25) is 11.8 Å². The number of aryl methyl sites for hydroxylation is 1. The van der Waals surface area contributed by atoms with Gasteiger partial charge in [0, 0.05) is 41.7 Å². The van der Waals surface area contributed by atoms with E-state index in [2.05, 4.69) is 26.0 Å². The van der Waals surface area contributed by atoms with Crippen molar-refractivity contribution in [1.82, 2.24) is 9.80 Å². The minimum absolute atomic E-state index is 0.146. The minimum atomic E-state index is -0.201. The van der Waals surface area contributed by atoms with Gasteiger partial charge in [-0.25, -0.2) is 0 Å². The summed E-state index contributed by atoms with van der Waals surface area (Å²) in [5, 5.41) is 0. The van der Waals surface area contributed by atoms with Crippen LogP contribution < -0.4 is 0 Å². The van der Waals surface area contributed by atoms with Gasteiger partial charge in [-0.2, -0.15) is 0 Å². The molecule has 0 bridgehead atoms. The number of hydrogen-bond donors (Lipinski definition) is 0. The van der Waals surface area contributed by atoms with E-state index in [0.717, 1.165) is 25.8 Å². The van der Waals surface area contributed by atoms with Crippen LogP contribution in [0.1, 0.15) is 35.9 Å². The Bertz CT molecular complexity index is 554. The first kappa shape index (κ1) is 14.6. The number of nitrogens with zero attached hydrogens (tertiary/aromatic N) is 2. The van der Waals surface area contributed by atoms with Crippen LogP contribution in [0, 0.1) is 6.92 Å². The second kappa shape index (κ2) is 5.79. The standard InChI is InChI=1S/C16H22N2O2S/c1-11(10-13-6-5-12(2)21-13)17-9-7-15(19)18-8-3-4-14(18)16(17)20/h5-6,11,14H,3-4,7-10H2,1-2H3. The van der Waals surface area contributed by atoms with Crippen LogP contribution in [0.4, 0.5) is 0 Å². The fourth-order valence-corrected chi connectivity index (χ4v) is 4.43. The third kappa shape index (κ3) is 2.84. The highest BCUT2D eigenvalue weighted by molar-refractivity contribution is 7.11. The number of carbonyl (C=O) groups excluding carboxylic acids is 2. The highest BCUT2D eigenvalue weighted by Crippen LogP contribution is 2.26. The maximum atomic E-state index is 12.7. The topological polar surface area (TPSA) is 40.6 Å². The molecule has 21 heavy (non-hydrogen) atoms. The summed E-state index contributed by atoms with van der Waals surface area (Å²) in [6.45, 7) is 5.52. The van der Waals surface area contributed by atoms with Crippen molar-refractivity contribution in [3.63, 3.8) is 0 Å². The molecule has 2 aliphatic rings. The molecule has 0 saturated carbocycles. The van der Waals surface area contributed by atoms with Crippen molar-refractivity contribution in [2.75, 3.05) is 13.1 Å². The summed E-state index contributed by atoms with van der Waals surface area (Å²) in [6, 6.07) is 4.22. The normalized spacial score (nSPS) is 24.2. The van der Waals surface area contributed by atoms with Crippen molar-refractivity contribution in [2.45, 2.75) is 51.6 Å². The molecule has 2 atom stereocenters. The van der Waals surface area contributed by atoms with E-state index in [-0.39, 0.29) is 23.9 Å². The Morgan fingerprint density at radius 2 is 2.14 bits per heavy atom. The molecule has 4 nitrogen and oxygen atoms in total. The van der Waals surface area contributed by atoms with E-state index < -0.39 is 0 Å². The van der Waals surface area contributed by atoms with E-state index in [1.165, 1.54) is 9.75 Å². The molecule has 0 aromatic carbocycles. The van der Waals surface area contributed by atoms with Gasteiger partial charge in [0.1, 0.15) is 6.04 Å². The second-order valence-electron chi connectivity index (χ2n) is 6.09. The van der Waals surface area contributed by atoms with Crippen LogP contribution in [0.5, 0.6) is 0 Å². The molecule has 0 spiro atoms. The lowest BCUT2D eigenvalue weighted by atomic mass is 10.1. The van der Waals surface area contributed by atoms with E-state index in [1.54, 1.807) is 16.2 Å². The van der Waals surface area contributed by atoms with Gasteiger partial charge < -0.3 is 9.80 Å². The minimum Gasteiger partial charge on any atom is -0.337 e. The van der Waals surface area contributed by atoms with Gasteiger partial charge in [0.25, 0.3) is 0 Å². The van der Waals surface area contributed by atoms with Crippen molar-refractivity contribution in [2.24, 2.45) is 0 Å². The maximum absolute atomic E-state index is 12.7. The van der Waals surface area contributed by atoms with E-state index in [0.29, 0.717) is 13.0 Å². The first-order valence-electron chi connectivity index (χ1n) is 7.71. The average molecular weight is 306 g/mol. The summed E-state index contributed by atoms with van der Waals surface area (Å²) >= 11 is 1.79. The molecule has 2 fully saturated rings. The number of amides is 2. The predicted molar refractivity (Wildman–Crippen MR) is 83.3 cm³/mol. The van der Waals surface area contributed by atoms with Crippen molar-refractivity contribution < 1.29 is 9.59 Å². The molecule has 2 aliphatic heterocycles. The largest absolute Gasteiger partial charge is 0.337 e. The number of fused-ring (bicyclic) bond motifs is 1. The van der Waals surface area contributed by atoms with Crippen molar-refractivity contribution in [1.29, 1.82) is 0 Å². The van der Waals surface area contributed by atoms with E-state index in [4.69, 9.17) is 0 Å². The van der Waals surface area contributed by atoms with Crippen LogP contribution >= 0.6 is 11.3 Å². The third-order valence-electron chi connectivity index (χ3n) is 4.53. The van der Waals surface area contributed by atoms with Gasteiger partial charge in [0.05, 0.1) is 0 Å². The highest BCUT2D eigenvalue weighted by atomic mass is 32.1. The SMILES string of the molecule is Cc1ccc(CC(C)N2CCC(=O)N3CCCC3C2=O)s1. The molecule has 0 aliphatic carbocycles. The zero-order valence-corrected chi connectivity index (χ0v) is 13.5. The Kier molecular flexibility index (Phi) is 4.02. The summed E-state index contributed by atoms with van der Waals surface area (Å²) in [6.07, 6.45) is 3.13. The summed E-state index contributed by atoms with van der Waals surface area (Å²) in [4.78, 5) is 31.2. The monoisotopic (exact) mass is 306 g/mol. The first-order valence-corrected chi connectivity index (χ1v) is 8.53. The zero-order valence-electron chi connectivity index (χ0n) is 12.7. The van der Waals surface area contributed by atoms with Crippen LogP contribution in [-0.2, 0) is 16.0 Å². The zero-order chi connectivity index (χ0) is 15.0. The lowest BCUT2D eigenvalue weighted by Gasteiger charge is -2.30. The highest BCUT2D eigenvalue weighted by Gasteiger charge is 2.40. The smallest absolute Gasteiger partial charge is 0.245 e. The lowest BCUT2D eigenvalue weighted by Crippen LogP contribution is -2.47. The number of hydrogen-bond acceptors (Lipinski definition) is 3. The Morgan fingerprint density at radius 3 is 2.86 bits per heavy atom. The van der Waals surface area contributed by atoms with E-state index >= 15 is 0 Å². The van der Waals surface area contributed by atoms with Gasteiger partial charge in [-0.15, -0.1) is 11.3 Å².